The highest BCUT2D eigenvalue weighted by Gasteiger charge is 2.47. The zero-order valence-corrected chi connectivity index (χ0v) is 15.0. The quantitative estimate of drug-likeness (QED) is 0.855. The van der Waals surface area contributed by atoms with Gasteiger partial charge in [-0.3, -0.25) is 4.90 Å². The minimum Gasteiger partial charge on any atom is -0.396 e. The number of aliphatic hydroxyl groups is 2. The topological polar surface area (TPSA) is 65.8 Å². The number of fused-ring (bicyclic) bond motifs is 1. The molecule has 2 N–H and O–H groups in total. The van der Waals surface area contributed by atoms with E-state index in [0.29, 0.717) is 12.5 Å². The molecule has 0 radical (unpaired) electrons. The second kappa shape index (κ2) is 7.13. The second-order valence-electron chi connectivity index (χ2n) is 7.23. The van der Waals surface area contributed by atoms with Crippen molar-refractivity contribution >= 4 is 11.3 Å². The molecule has 2 atom stereocenters. The Labute approximate surface area is 151 Å². The van der Waals surface area contributed by atoms with E-state index in [9.17, 15) is 10.2 Å². The van der Waals surface area contributed by atoms with E-state index in [2.05, 4.69) is 34.1 Å². The average Bonchev–Trinajstić information content (AvgIpc) is 3.26. The highest BCUT2D eigenvalue weighted by atomic mass is 32.1. The fraction of sp³-hybridized carbons (Fsp3) is 0.526. The number of aromatic nitrogens is 1. The summed E-state index contributed by atoms with van der Waals surface area (Å²) in [5.74, 6) is 0.528. The lowest BCUT2D eigenvalue weighted by Crippen LogP contribution is -2.42. The molecule has 0 unspecified atom stereocenters. The van der Waals surface area contributed by atoms with Gasteiger partial charge in [-0.1, -0.05) is 18.2 Å². The van der Waals surface area contributed by atoms with Crippen molar-refractivity contribution in [1.82, 2.24) is 9.88 Å². The van der Waals surface area contributed by atoms with Gasteiger partial charge in [0.25, 0.3) is 0 Å². The maximum atomic E-state index is 9.92. The maximum Gasteiger partial charge on any atom is 0.123 e. The summed E-state index contributed by atoms with van der Waals surface area (Å²) in [7, 11) is 0. The first-order valence-electron chi connectivity index (χ1n) is 8.78. The molecule has 134 valence electrons. The molecule has 1 aromatic heterocycles. The Balaban J connectivity index is 1.49. The second-order valence-corrected chi connectivity index (χ2v) is 8.09. The molecule has 25 heavy (non-hydrogen) atoms. The number of nitrogens with zero attached hydrogens (tertiary/aromatic N) is 2. The van der Waals surface area contributed by atoms with Crippen LogP contribution in [0.5, 0.6) is 0 Å². The maximum absolute atomic E-state index is 9.92. The van der Waals surface area contributed by atoms with Crippen LogP contribution in [-0.2, 0) is 17.9 Å². The van der Waals surface area contributed by atoms with Crippen LogP contribution < -0.4 is 0 Å². The lowest BCUT2D eigenvalue weighted by Gasteiger charge is -2.36. The molecule has 0 bridgehead atoms. The summed E-state index contributed by atoms with van der Waals surface area (Å²) >= 11 is 1.56. The van der Waals surface area contributed by atoms with Crippen LogP contribution >= 0.6 is 11.3 Å². The molecule has 0 spiro atoms. The van der Waals surface area contributed by atoms with Gasteiger partial charge < -0.3 is 14.9 Å². The molecular formula is C19H24N2O3S. The molecule has 5 nitrogen and oxygen atoms in total. The van der Waals surface area contributed by atoms with Crippen molar-refractivity contribution in [3.63, 3.8) is 0 Å². The van der Waals surface area contributed by atoms with Crippen LogP contribution in [0.2, 0.25) is 0 Å². The van der Waals surface area contributed by atoms with Crippen LogP contribution in [0.15, 0.2) is 29.6 Å². The predicted molar refractivity (Wildman–Crippen MR) is 97.2 cm³/mol. The van der Waals surface area contributed by atoms with Crippen molar-refractivity contribution in [2.75, 3.05) is 32.9 Å². The van der Waals surface area contributed by atoms with Gasteiger partial charge in [0, 0.05) is 42.6 Å². The van der Waals surface area contributed by atoms with Crippen molar-refractivity contribution in [3.8, 4) is 10.6 Å². The molecule has 0 amide bonds. The van der Waals surface area contributed by atoms with Crippen molar-refractivity contribution in [1.29, 1.82) is 0 Å². The summed E-state index contributed by atoms with van der Waals surface area (Å²) < 4.78 is 5.65. The molecule has 2 aromatic rings. The summed E-state index contributed by atoms with van der Waals surface area (Å²) in [5, 5.41) is 22.0. The van der Waals surface area contributed by atoms with Crippen LogP contribution in [-0.4, -0.2) is 53.0 Å². The van der Waals surface area contributed by atoms with Crippen molar-refractivity contribution in [3.05, 3.63) is 40.9 Å². The minimum absolute atomic E-state index is 0.0172. The number of hydrogen-bond acceptors (Lipinski definition) is 6. The molecule has 1 aromatic carbocycles. The van der Waals surface area contributed by atoms with E-state index in [0.717, 1.165) is 48.9 Å². The lowest BCUT2D eigenvalue weighted by atomic mass is 9.76. The number of likely N-dealkylation sites (tertiary alicyclic amines) is 1. The Morgan fingerprint density at radius 2 is 2.28 bits per heavy atom. The van der Waals surface area contributed by atoms with Crippen LogP contribution in [0.4, 0.5) is 0 Å². The first-order chi connectivity index (χ1) is 12.2. The summed E-state index contributed by atoms with van der Waals surface area (Å²) in [4.78, 5) is 6.90. The van der Waals surface area contributed by atoms with Crippen LogP contribution in [0.25, 0.3) is 10.6 Å². The lowest BCUT2D eigenvalue weighted by molar-refractivity contribution is -0.0561. The van der Waals surface area contributed by atoms with E-state index in [1.807, 2.05) is 5.38 Å². The number of hydrogen-bond donors (Lipinski definition) is 2. The van der Waals surface area contributed by atoms with E-state index < -0.39 is 0 Å². The van der Waals surface area contributed by atoms with Gasteiger partial charge in [-0.25, -0.2) is 4.98 Å². The molecule has 2 aliphatic heterocycles. The zero-order chi connectivity index (χ0) is 17.3. The van der Waals surface area contributed by atoms with Gasteiger partial charge in [0.2, 0.25) is 0 Å². The molecule has 2 saturated heterocycles. The van der Waals surface area contributed by atoms with E-state index >= 15 is 0 Å². The fourth-order valence-corrected chi connectivity index (χ4v) is 4.93. The molecule has 2 fully saturated rings. The van der Waals surface area contributed by atoms with Gasteiger partial charge >= 0.3 is 0 Å². The van der Waals surface area contributed by atoms with Crippen molar-refractivity contribution in [2.24, 2.45) is 11.3 Å². The Morgan fingerprint density at radius 1 is 1.36 bits per heavy atom. The van der Waals surface area contributed by atoms with E-state index in [1.165, 1.54) is 5.56 Å². The Kier molecular flexibility index (Phi) is 4.88. The van der Waals surface area contributed by atoms with Gasteiger partial charge in [0.15, 0.2) is 0 Å². The van der Waals surface area contributed by atoms with Gasteiger partial charge in [-0.2, -0.15) is 0 Å². The fourth-order valence-electron chi connectivity index (χ4n) is 4.12. The molecule has 2 aliphatic rings. The molecule has 0 saturated carbocycles. The van der Waals surface area contributed by atoms with Crippen molar-refractivity contribution < 1.29 is 14.9 Å². The Bertz CT molecular complexity index is 735. The van der Waals surface area contributed by atoms with E-state index in [1.54, 1.807) is 11.3 Å². The van der Waals surface area contributed by atoms with Gasteiger partial charge in [0.05, 0.1) is 25.5 Å². The third-order valence-corrected chi connectivity index (χ3v) is 6.43. The molecule has 3 heterocycles. The number of ether oxygens (including phenoxy) is 1. The standard InChI is InChI=1S/C19H24N2O3S/c22-9-17-10-25-18(20-17)15-3-1-2-14(6-15)7-21-8-16-4-5-24-13-19(16,11-21)12-23/h1-3,6,10,16,22-23H,4-5,7-9,11-13H2/t16-,19+/m0/s1. The predicted octanol–water partition coefficient (Wildman–Crippen LogP) is 2.13. The van der Waals surface area contributed by atoms with Gasteiger partial charge in [-0.15, -0.1) is 11.3 Å². The number of rotatable bonds is 5. The largest absolute Gasteiger partial charge is 0.396 e. The zero-order valence-electron chi connectivity index (χ0n) is 14.2. The average molecular weight is 360 g/mol. The molecule has 6 heteroatoms. The number of thiazole rings is 1. The highest BCUT2D eigenvalue weighted by molar-refractivity contribution is 7.13. The van der Waals surface area contributed by atoms with Gasteiger partial charge in [0.1, 0.15) is 5.01 Å². The molecule has 4 rings (SSSR count). The number of aliphatic hydroxyl groups excluding tert-OH is 2. The highest BCUT2D eigenvalue weighted by Crippen LogP contribution is 2.41. The monoisotopic (exact) mass is 360 g/mol. The summed E-state index contributed by atoms with van der Waals surface area (Å²) in [6.45, 7) is 4.48. The number of benzene rings is 1. The van der Waals surface area contributed by atoms with E-state index in [4.69, 9.17) is 4.74 Å². The normalized spacial score (nSPS) is 26.7. The third kappa shape index (κ3) is 3.37. The van der Waals surface area contributed by atoms with Crippen LogP contribution in [0, 0.1) is 11.3 Å². The Hall–Kier alpha value is -1.31. The van der Waals surface area contributed by atoms with Crippen LogP contribution in [0.3, 0.4) is 0 Å². The van der Waals surface area contributed by atoms with Crippen molar-refractivity contribution in [2.45, 2.75) is 19.6 Å². The minimum atomic E-state index is -0.0821. The smallest absolute Gasteiger partial charge is 0.123 e. The molecular weight excluding hydrogens is 336 g/mol. The van der Waals surface area contributed by atoms with E-state index in [-0.39, 0.29) is 18.6 Å². The SMILES string of the molecule is OCc1csc(-c2cccc(CN3C[C@@H]4CCOC[C@]4(CO)C3)c2)n1. The summed E-state index contributed by atoms with van der Waals surface area (Å²) in [6, 6.07) is 8.47. The Morgan fingerprint density at radius 3 is 3.04 bits per heavy atom. The first kappa shape index (κ1) is 17.1. The molecule has 0 aliphatic carbocycles. The van der Waals surface area contributed by atoms with Gasteiger partial charge in [-0.05, 0) is 24.0 Å². The summed E-state index contributed by atoms with van der Waals surface area (Å²) in [5.41, 5.74) is 2.99. The summed E-state index contributed by atoms with van der Waals surface area (Å²) in [6.07, 6.45) is 1.04. The first-order valence-corrected chi connectivity index (χ1v) is 9.66. The van der Waals surface area contributed by atoms with Crippen LogP contribution in [0.1, 0.15) is 17.7 Å². The third-order valence-electron chi connectivity index (χ3n) is 5.49.